The third-order valence-corrected chi connectivity index (χ3v) is 6.31. The molecule has 0 spiro atoms. The van der Waals surface area contributed by atoms with Gasteiger partial charge in [0.15, 0.2) is 11.5 Å². The van der Waals surface area contributed by atoms with Gasteiger partial charge < -0.3 is 14.4 Å². The van der Waals surface area contributed by atoms with E-state index in [0.717, 1.165) is 25.2 Å². The molecule has 2 aliphatic heterocycles. The van der Waals surface area contributed by atoms with Gasteiger partial charge in [-0.15, -0.1) is 0 Å². The zero-order chi connectivity index (χ0) is 18.9. The molecule has 1 fully saturated rings. The first kappa shape index (κ1) is 18.1. The summed E-state index contributed by atoms with van der Waals surface area (Å²) in [5.41, 5.74) is 0.949. The van der Waals surface area contributed by atoms with Crippen LogP contribution in [-0.2, 0) is 10.0 Å². The molecule has 4 rings (SSSR count). The van der Waals surface area contributed by atoms with Crippen molar-refractivity contribution in [3.63, 3.8) is 0 Å². The van der Waals surface area contributed by atoms with Crippen LogP contribution in [0.2, 0.25) is 0 Å². The van der Waals surface area contributed by atoms with Crippen LogP contribution in [0.1, 0.15) is 6.42 Å². The van der Waals surface area contributed by atoms with E-state index in [2.05, 4.69) is 9.62 Å². The molecule has 8 heteroatoms. The molecular formula is C19H21FN2O4S. The lowest BCUT2D eigenvalue weighted by Gasteiger charge is -2.21. The molecule has 2 aromatic rings. The molecular weight excluding hydrogens is 371 g/mol. The summed E-state index contributed by atoms with van der Waals surface area (Å²) in [5, 5.41) is 0. The van der Waals surface area contributed by atoms with Crippen molar-refractivity contribution in [1.29, 1.82) is 0 Å². The molecule has 1 unspecified atom stereocenters. The van der Waals surface area contributed by atoms with Gasteiger partial charge >= 0.3 is 0 Å². The van der Waals surface area contributed by atoms with Crippen LogP contribution in [-0.4, -0.2) is 41.3 Å². The lowest BCUT2D eigenvalue weighted by molar-refractivity contribution is 0.167. The van der Waals surface area contributed by atoms with Gasteiger partial charge in [0, 0.05) is 25.3 Å². The van der Waals surface area contributed by atoms with E-state index in [1.807, 2.05) is 0 Å². The molecule has 144 valence electrons. The number of sulfonamides is 1. The van der Waals surface area contributed by atoms with Crippen LogP contribution in [0.4, 0.5) is 10.1 Å². The first-order valence-corrected chi connectivity index (χ1v) is 10.4. The van der Waals surface area contributed by atoms with Crippen molar-refractivity contribution in [2.45, 2.75) is 11.3 Å². The predicted molar refractivity (Wildman–Crippen MR) is 99.3 cm³/mol. The van der Waals surface area contributed by atoms with Crippen molar-refractivity contribution in [2.75, 3.05) is 37.7 Å². The molecule has 1 saturated heterocycles. The lowest BCUT2D eigenvalue weighted by atomic mass is 10.1. The maximum Gasteiger partial charge on any atom is 0.244 e. The fourth-order valence-electron chi connectivity index (χ4n) is 3.45. The minimum Gasteiger partial charge on any atom is -0.486 e. The van der Waals surface area contributed by atoms with Crippen molar-refractivity contribution in [3.8, 4) is 11.5 Å². The Balaban J connectivity index is 1.41. The first-order valence-electron chi connectivity index (χ1n) is 8.92. The smallest absolute Gasteiger partial charge is 0.244 e. The van der Waals surface area contributed by atoms with Crippen LogP contribution in [0.25, 0.3) is 0 Å². The van der Waals surface area contributed by atoms with Gasteiger partial charge in [-0.2, -0.15) is 0 Å². The van der Waals surface area contributed by atoms with Crippen molar-refractivity contribution < 1.29 is 22.3 Å². The molecule has 1 N–H and O–H groups in total. The summed E-state index contributed by atoms with van der Waals surface area (Å²) in [6.45, 7) is 2.61. The van der Waals surface area contributed by atoms with Gasteiger partial charge in [0.25, 0.3) is 0 Å². The lowest BCUT2D eigenvalue weighted by Crippen LogP contribution is -2.31. The molecule has 6 nitrogen and oxygen atoms in total. The highest BCUT2D eigenvalue weighted by Gasteiger charge is 2.28. The summed E-state index contributed by atoms with van der Waals surface area (Å²) in [4.78, 5) is 2.24. The third kappa shape index (κ3) is 3.86. The molecule has 0 aromatic heterocycles. The molecule has 0 radical (unpaired) electrons. The standard InChI is InChI=1S/C19H21FN2O4S/c20-15-4-6-16(7-5-15)22-9-8-14(13-22)12-21-27(23,24)18-3-1-2-17-19(18)26-11-10-25-17/h1-7,14,21H,8-13H2. The van der Waals surface area contributed by atoms with E-state index in [0.29, 0.717) is 25.5 Å². The molecule has 0 bridgehead atoms. The minimum atomic E-state index is -3.70. The fraction of sp³-hybridized carbons (Fsp3) is 0.368. The Bertz CT molecular complexity index is 918. The van der Waals surface area contributed by atoms with E-state index in [4.69, 9.17) is 9.47 Å². The average molecular weight is 392 g/mol. The number of nitrogens with one attached hydrogen (secondary N) is 1. The van der Waals surface area contributed by atoms with Gasteiger partial charge in [0.05, 0.1) is 0 Å². The molecule has 0 saturated carbocycles. The van der Waals surface area contributed by atoms with Gasteiger partial charge in [-0.05, 0) is 48.7 Å². The summed E-state index contributed by atoms with van der Waals surface area (Å²) in [6.07, 6.45) is 0.867. The number of halogens is 1. The Morgan fingerprint density at radius 3 is 2.70 bits per heavy atom. The summed E-state index contributed by atoms with van der Waals surface area (Å²) in [5.74, 6) is 0.643. The van der Waals surface area contributed by atoms with Crippen molar-refractivity contribution in [2.24, 2.45) is 5.92 Å². The van der Waals surface area contributed by atoms with Crippen LogP contribution >= 0.6 is 0 Å². The molecule has 2 aromatic carbocycles. The van der Waals surface area contributed by atoms with E-state index >= 15 is 0 Å². The first-order chi connectivity index (χ1) is 13.0. The second-order valence-electron chi connectivity index (χ2n) is 6.71. The third-order valence-electron chi connectivity index (χ3n) is 4.86. The SMILES string of the molecule is O=S(=O)(NCC1CCN(c2ccc(F)cc2)C1)c1cccc2c1OCCO2. The van der Waals surface area contributed by atoms with Crippen LogP contribution in [0.15, 0.2) is 47.4 Å². The van der Waals surface area contributed by atoms with E-state index in [1.165, 1.54) is 18.2 Å². The Labute approximate surface area is 157 Å². The maximum absolute atomic E-state index is 13.1. The van der Waals surface area contributed by atoms with Crippen molar-refractivity contribution in [3.05, 3.63) is 48.3 Å². The van der Waals surface area contributed by atoms with E-state index in [1.54, 1.807) is 24.3 Å². The van der Waals surface area contributed by atoms with E-state index in [-0.39, 0.29) is 22.4 Å². The minimum absolute atomic E-state index is 0.105. The highest BCUT2D eigenvalue weighted by atomic mass is 32.2. The normalized spacial score (nSPS) is 19.3. The largest absolute Gasteiger partial charge is 0.486 e. The maximum atomic E-state index is 13.1. The van der Waals surface area contributed by atoms with E-state index in [9.17, 15) is 12.8 Å². The number of rotatable bonds is 5. The Morgan fingerprint density at radius 2 is 1.89 bits per heavy atom. The van der Waals surface area contributed by atoms with Gasteiger partial charge in [-0.25, -0.2) is 17.5 Å². The number of hydrogen-bond donors (Lipinski definition) is 1. The second-order valence-corrected chi connectivity index (χ2v) is 8.44. The van der Waals surface area contributed by atoms with Crippen LogP contribution in [0.5, 0.6) is 11.5 Å². The predicted octanol–water partition coefficient (Wildman–Crippen LogP) is 2.40. The number of ether oxygens (including phenoxy) is 2. The van der Waals surface area contributed by atoms with Gasteiger partial charge in [-0.3, -0.25) is 0 Å². The fourth-order valence-corrected chi connectivity index (χ4v) is 4.72. The molecule has 0 amide bonds. The average Bonchev–Trinajstić information content (AvgIpc) is 3.16. The van der Waals surface area contributed by atoms with Crippen molar-refractivity contribution in [1.82, 2.24) is 4.72 Å². The summed E-state index contributed by atoms with van der Waals surface area (Å²) in [6, 6.07) is 11.2. The highest BCUT2D eigenvalue weighted by Crippen LogP contribution is 2.36. The molecule has 0 aliphatic carbocycles. The monoisotopic (exact) mass is 392 g/mol. The van der Waals surface area contributed by atoms with Gasteiger partial charge in [0.1, 0.15) is 23.9 Å². The summed E-state index contributed by atoms with van der Waals surface area (Å²) < 4.78 is 52.2. The van der Waals surface area contributed by atoms with Gasteiger partial charge in [0.2, 0.25) is 10.0 Å². The highest BCUT2D eigenvalue weighted by molar-refractivity contribution is 7.89. The Kier molecular flexibility index (Phi) is 4.92. The zero-order valence-corrected chi connectivity index (χ0v) is 15.5. The van der Waals surface area contributed by atoms with Crippen LogP contribution in [0.3, 0.4) is 0 Å². The van der Waals surface area contributed by atoms with Gasteiger partial charge in [-0.1, -0.05) is 6.07 Å². The second kappa shape index (κ2) is 7.36. The zero-order valence-electron chi connectivity index (χ0n) is 14.7. The van der Waals surface area contributed by atoms with Crippen LogP contribution < -0.4 is 19.1 Å². The molecule has 2 aliphatic rings. The number of hydrogen-bond acceptors (Lipinski definition) is 5. The molecule has 27 heavy (non-hydrogen) atoms. The number of nitrogens with zero attached hydrogens (tertiary/aromatic N) is 1. The molecule has 1 atom stereocenters. The van der Waals surface area contributed by atoms with Crippen LogP contribution in [0, 0.1) is 11.7 Å². The number of benzene rings is 2. The van der Waals surface area contributed by atoms with E-state index < -0.39 is 10.0 Å². The molecule has 2 heterocycles. The number of anilines is 1. The summed E-state index contributed by atoms with van der Waals surface area (Å²) >= 11 is 0. The van der Waals surface area contributed by atoms with Crippen molar-refractivity contribution >= 4 is 15.7 Å². The Morgan fingerprint density at radius 1 is 1.11 bits per heavy atom. The summed E-state index contributed by atoms with van der Waals surface area (Å²) in [7, 11) is -3.70. The quantitative estimate of drug-likeness (QED) is 0.846. The number of para-hydroxylation sites is 1. The Hall–Kier alpha value is -2.32. The number of fused-ring (bicyclic) bond motifs is 1. The topological polar surface area (TPSA) is 67.9 Å².